The average Bonchev–Trinajstić information content (AvgIpc) is 3.02. The van der Waals surface area contributed by atoms with Crippen LogP contribution < -0.4 is 0 Å². The molecular formula is C26H39NO. The highest BCUT2D eigenvalue weighted by atomic mass is 16.3. The summed E-state index contributed by atoms with van der Waals surface area (Å²) in [6.07, 6.45) is 19.0. The lowest BCUT2D eigenvalue weighted by Crippen LogP contribution is -2.33. The smallest absolute Gasteiger partial charge is 0.0797 e. The number of rotatable bonds is 6. The number of fused-ring (bicyclic) bond motifs is 1. The van der Waals surface area contributed by atoms with Gasteiger partial charge in [-0.3, -0.25) is 0 Å². The molecule has 5 atom stereocenters. The third-order valence-electron chi connectivity index (χ3n) is 8.05. The van der Waals surface area contributed by atoms with Crippen molar-refractivity contribution in [2.45, 2.75) is 97.0 Å². The highest BCUT2D eigenvalue weighted by molar-refractivity contribution is 5.31. The minimum Gasteiger partial charge on any atom is -0.388 e. The summed E-state index contributed by atoms with van der Waals surface area (Å²) in [5.41, 5.74) is 4.02. The molecule has 3 aliphatic rings. The van der Waals surface area contributed by atoms with Crippen molar-refractivity contribution in [1.82, 2.24) is 0 Å². The Bertz CT molecular complexity index is 666. The fourth-order valence-electron chi connectivity index (χ4n) is 6.22. The average molecular weight is 382 g/mol. The van der Waals surface area contributed by atoms with Crippen molar-refractivity contribution in [3.63, 3.8) is 0 Å². The molecule has 3 unspecified atom stereocenters. The van der Waals surface area contributed by atoms with Crippen molar-refractivity contribution in [3.8, 4) is 6.07 Å². The minimum atomic E-state index is -0.557. The van der Waals surface area contributed by atoms with Gasteiger partial charge in [0, 0.05) is 0 Å². The Morgan fingerprint density at radius 2 is 2.04 bits per heavy atom. The number of hydrogen-bond donors (Lipinski definition) is 1. The van der Waals surface area contributed by atoms with Crippen molar-refractivity contribution in [3.05, 3.63) is 35.5 Å². The molecule has 2 nitrogen and oxygen atoms in total. The quantitative estimate of drug-likeness (QED) is 0.403. The van der Waals surface area contributed by atoms with Gasteiger partial charge < -0.3 is 5.11 Å². The van der Waals surface area contributed by atoms with E-state index >= 15 is 0 Å². The molecule has 0 radical (unpaired) electrons. The number of unbranched alkanes of at least 4 members (excludes halogenated alkanes) is 3. The number of aliphatic hydroxyl groups excluding tert-OH is 1. The van der Waals surface area contributed by atoms with Crippen LogP contribution in [-0.4, -0.2) is 11.2 Å². The molecule has 3 rings (SSSR count). The van der Waals surface area contributed by atoms with Crippen LogP contribution >= 0.6 is 0 Å². The Morgan fingerprint density at radius 1 is 1.21 bits per heavy atom. The molecule has 154 valence electrons. The van der Waals surface area contributed by atoms with Gasteiger partial charge in [0.15, 0.2) is 0 Å². The van der Waals surface area contributed by atoms with E-state index < -0.39 is 6.10 Å². The second-order valence-corrected chi connectivity index (χ2v) is 9.78. The van der Waals surface area contributed by atoms with Gasteiger partial charge in [-0.2, -0.15) is 5.26 Å². The normalized spacial score (nSPS) is 38.6. The Kier molecular flexibility index (Phi) is 7.21. The fraction of sp³-hybridized carbons (Fsp3) is 0.731. The predicted octanol–water partition coefficient (Wildman–Crippen LogP) is 6.88. The molecule has 0 amide bonds. The first-order chi connectivity index (χ1) is 13.5. The van der Waals surface area contributed by atoms with Gasteiger partial charge in [0.05, 0.1) is 18.1 Å². The van der Waals surface area contributed by atoms with Crippen LogP contribution in [0.25, 0.3) is 0 Å². The second kappa shape index (κ2) is 9.45. The molecule has 0 saturated heterocycles. The molecule has 0 bridgehead atoms. The fourth-order valence-corrected chi connectivity index (χ4v) is 6.22. The van der Waals surface area contributed by atoms with Crippen LogP contribution in [-0.2, 0) is 0 Å². The number of nitriles is 1. The Balaban J connectivity index is 1.68. The molecule has 3 aliphatic carbocycles. The zero-order valence-corrected chi connectivity index (χ0v) is 18.1. The van der Waals surface area contributed by atoms with Gasteiger partial charge in [0.25, 0.3) is 0 Å². The maximum absolute atomic E-state index is 10.2. The van der Waals surface area contributed by atoms with E-state index in [4.69, 9.17) is 0 Å². The zero-order valence-electron chi connectivity index (χ0n) is 18.1. The maximum Gasteiger partial charge on any atom is 0.0797 e. The van der Waals surface area contributed by atoms with Crippen molar-refractivity contribution < 1.29 is 5.11 Å². The van der Waals surface area contributed by atoms with E-state index in [0.29, 0.717) is 17.4 Å². The highest BCUT2D eigenvalue weighted by Crippen LogP contribution is 2.58. The lowest BCUT2D eigenvalue weighted by molar-refractivity contribution is 0.127. The van der Waals surface area contributed by atoms with Crippen LogP contribution in [0.1, 0.15) is 90.9 Å². The summed E-state index contributed by atoms with van der Waals surface area (Å²) in [5.74, 6) is 1.40. The zero-order chi connectivity index (χ0) is 20.1. The number of allylic oxidation sites excluding steroid dienone is 3. The molecule has 0 aromatic heterocycles. The van der Waals surface area contributed by atoms with Crippen LogP contribution in [0.15, 0.2) is 35.5 Å². The SMILES string of the molecule is C=C1C(C#N)C/C(=C\C=C2/CCCC3(C)C(CCCCCC)CC[C@@H]23)C[C@H]1O. The van der Waals surface area contributed by atoms with Gasteiger partial charge in [-0.1, -0.05) is 69.4 Å². The van der Waals surface area contributed by atoms with Crippen LogP contribution in [0.4, 0.5) is 0 Å². The van der Waals surface area contributed by atoms with E-state index in [2.05, 4.69) is 38.6 Å². The second-order valence-electron chi connectivity index (χ2n) is 9.78. The molecule has 3 fully saturated rings. The van der Waals surface area contributed by atoms with Gasteiger partial charge in [-0.05, 0) is 74.2 Å². The Labute approximate surface area is 172 Å². The molecule has 3 saturated carbocycles. The van der Waals surface area contributed by atoms with Gasteiger partial charge in [-0.15, -0.1) is 0 Å². The monoisotopic (exact) mass is 381 g/mol. The molecule has 0 aromatic carbocycles. The van der Waals surface area contributed by atoms with Crippen LogP contribution in [0.2, 0.25) is 0 Å². The van der Waals surface area contributed by atoms with E-state index in [9.17, 15) is 10.4 Å². The summed E-state index contributed by atoms with van der Waals surface area (Å²) < 4.78 is 0. The number of nitrogens with zero attached hydrogens (tertiary/aromatic N) is 1. The standard InChI is InChI=1S/C26H39NO/c1-4-5-6-7-10-23-13-14-24-21(9-8-15-26(23,24)3)12-11-20-16-22(18-27)19(2)25(28)17-20/h11-12,22-25,28H,2,4-10,13-17H2,1,3H3/b20-11+,21-12+/t22?,23?,24-,25+,26?/m0/s1. The van der Waals surface area contributed by atoms with Crippen LogP contribution in [0, 0.1) is 34.5 Å². The minimum absolute atomic E-state index is 0.232. The van der Waals surface area contributed by atoms with E-state index in [-0.39, 0.29) is 5.92 Å². The van der Waals surface area contributed by atoms with Crippen molar-refractivity contribution in [2.24, 2.45) is 23.2 Å². The predicted molar refractivity (Wildman–Crippen MR) is 117 cm³/mol. The third-order valence-corrected chi connectivity index (χ3v) is 8.05. The first-order valence-electron chi connectivity index (χ1n) is 11.6. The van der Waals surface area contributed by atoms with Gasteiger partial charge in [0.1, 0.15) is 0 Å². The van der Waals surface area contributed by atoms with Crippen molar-refractivity contribution >= 4 is 0 Å². The first-order valence-corrected chi connectivity index (χ1v) is 11.6. The largest absolute Gasteiger partial charge is 0.388 e. The molecule has 0 aromatic rings. The lowest BCUT2D eigenvalue weighted by Gasteiger charge is -2.42. The van der Waals surface area contributed by atoms with E-state index in [0.717, 1.165) is 18.3 Å². The maximum atomic E-state index is 10.2. The molecule has 0 heterocycles. The number of hydrogen-bond acceptors (Lipinski definition) is 2. The summed E-state index contributed by atoms with van der Waals surface area (Å²) in [6, 6.07) is 2.31. The van der Waals surface area contributed by atoms with E-state index in [1.165, 1.54) is 69.8 Å². The van der Waals surface area contributed by atoms with Crippen LogP contribution in [0.5, 0.6) is 0 Å². The summed E-state index contributed by atoms with van der Waals surface area (Å²) in [5, 5.41) is 19.6. The van der Waals surface area contributed by atoms with Crippen molar-refractivity contribution in [2.75, 3.05) is 0 Å². The van der Waals surface area contributed by atoms with Gasteiger partial charge in [0.2, 0.25) is 0 Å². The van der Waals surface area contributed by atoms with E-state index in [1.54, 1.807) is 5.57 Å². The molecule has 0 aliphatic heterocycles. The van der Waals surface area contributed by atoms with Gasteiger partial charge in [-0.25, -0.2) is 0 Å². The molecular weight excluding hydrogens is 342 g/mol. The molecule has 28 heavy (non-hydrogen) atoms. The molecule has 0 spiro atoms. The highest BCUT2D eigenvalue weighted by Gasteiger charge is 2.48. The lowest BCUT2D eigenvalue weighted by atomic mass is 9.62. The summed E-state index contributed by atoms with van der Waals surface area (Å²) in [7, 11) is 0. The van der Waals surface area contributed by atoms with Gasteiger partial charge >= 0.3 is 0 Å². The summed E-state index contributed by atoms with van der Waals surface area (Å²) in [4.78, 5) is 0. The Morgan fingerprint density at radius 3 is 2.79 bits per heavy atom. The number of aliphatic hydroxyl groups is 1. The van der Waals surface area contributed by atoms with Crippen LogP contribution in [0.3, 0.4) is 0 Å². The van der Waals surface area contributed by atoms with Crippen molar-refractivity contribution in [1.29, 1.82) is 5.26 Å². The Hall–Kier alpha value is -1.33. The summed E-state index contributed by atoms with van der Waals surface area (Å²) in [6.45, 7) is 8.77. The van der Waals surface area contributed by atoms with E-state index in [1.807, 2.05) is 0 Å². The first kappa shape index (κ1) is 21.4. The third kappa shape index (κ3) is 4.46. The summed E-state index contributed by atoms with van der Waals surface area (Å²) >= 11 is 0. The topological polar surface area (TPSA) is 44.0 Å². The molecule has 2 heteroatoms. The molecule has 1 N–H and O–H groups in total.